The molecule has 13 heavy (non-hydrogen) atoms. The summed E-state index contributed by atoms with van der Waals surface area (Å²) in [6, 6.07) is 1.80. The summed E-state index contributed by atoms with van der Waals surface area (Å²) in [4.78, 5) is 19.3. The summed E-state index contributed by atoms with van der Waals surface area (Å²) >= 11 is 4.80. The maximum Gasteiger partial charge on any atom is 0.259 e. The lowest BCUT2D eigenvalue weighted by Gasteiger charge is -1.96. The van der Waals surface area contributed by atoms with Gasteiger partial charge in [-0.1, -0.05) is 15.9 Å². The Labute approximate surface area is 87.0 Å². The van der Waals surface area contributed by atoms with E-state index in [1.54, 1.807) is 6.07 Å². The molecule has 0 saturated heterocycles. The van der Waals surface area contributed by atoms with Crippen LogP contribution in [0.5, 0.6) is 0 Å². The SMILES string of the molecule is O=c1[nH]c(CCBr)nc2sccc12. The number of aromatic amines is 1. The van der Waals surface area contributed by atoms with Crippen LogP contribution in [-0.2, 0) is 6.42 Å². The highest BCUT2D eigenvalue weighted by Gasteiger charge is 2.03. The first-order valence-corrected chi connectivity index (χ1v) is 5.84. The number of hydrogen-bond donors (Lipinski definition) is 1. The average molecular weight is 259 g/mol. The van der Waals surface area contributed by atoms with Crippen LogP contribution in [0, 0.1) is 0 Å². The summed E-state index contributed by atoms with van der Waals surface area (Å²) in [6.45, 7) is 0. The second kappa shape index (κ2) is 3.59. The fourth-order valence-corrected chi connectivity index (χ4v) is 2.28. The third-order valence-corrected chi connectivity index (χ3v) is 2.92. The van der Waals surface area contributed by atoms with Crippen molar-refractivity contribution in [2.24, 2.45) is 0 Å². The number of aromatic nitrogens is 2. The van der Waals surface area contributed by atoms with Crippen LogP contribution >= 0.6 is 27.3 Å². The number of aryl methyl sites for hydroxylation is 1. The number of thiophene rings is 1. The molecule has 0 amide bonds. The highest BCUT2D eigenvalue weighted by Crippen LogP contribution is 2.13. The molecule has 0 aliphatic carbocycles. The van der Waals surface area contributed by atoms with E-state index < -0.39 is 0 Å². The monoisotopic (exact) mass is 258 g/mol. The third-order valence-electron chi connectivity index (χ3n) is 1.72. The second-order valence-corrected chi connectivity index (χ2v) is 4.28. The molecule has 0 radical (unpaired) electrons. The lowest BCUT2D eigenvalue weighted by atomic mass is 10.4. The van der Waals surface area contributed by atoms with Crippen molar-refractivity contribution >= 4 is 37.5 Å². The molecule has 68 valence electrons. The Kier molecular flexibility index (Phi) is 2.46. The van der Waals surface area contributed by atoms with Gasteiger partial charge in [-0.3, -0.25) is 4.79 Å². The summed E-state index contributed by atoms with van der Waals surface area (Å²) in [5, 5.41) is 3.38. The molecule has 0 spiro atoms. The van der Waals surface area contributed by atoms with E-state index in [1.165, 1.54) is 11.3 Å². The molecule has 2 aromatic rings. The molecule has 0 unspecified atom stereocenters. The molecule has 2 aromatic heterocycles. The van der Waals surface area contributed by atoms with Crippen molar-refractivity contribution in [3.05, 3.63) is 27.6 Å². The normalized spacial score (nSPS) is 10.8. The van der Waals surface area contributed by atoms with Crippen LogP contribution in [0.1, 0.15) is 5.82 Å². The molecule has 0 aliphatic heterocycles. The first kappa shape index (κ1) is 8.90. The molecule has 0 aromatic carbocycles. The molecular formula is C8H7BrN2OS. The molecule has 3 nitrogen and oxygen atoms in total. The van der Waals surface area contributed by atoms with E-state index in [4.69, 9.17) is 0 Å². The van der Waals surface area contributed by atoms with E-state index >= 15 is 0 Å². The summed E-state index contributed by atoms with van der Waals surface area (Å²) in [5.74, 6) is 0.747. The maximum atomic E-state index is 11.4. The Morgan fingerprint density at radius 2 is 2.46 bits per heavy atom. The topological polar surface area (TPSA) is 45.8 Å². The van der Waals surface area contributed by atoms with Crippen LogP contribution in [0.2, 0.25) is 0 Å². The molecule has 0 aliphatic rings. The number of fused-ring (bicyclic) bond motifs is 1. The van der Waals surface area contributed by atoms with Crippen molar-refractivity contribution < 1.29 is 0 Å². The minimum absolute atomic E-state index is 0.0396. The first-order valence-electron chi connectivity index (χ1n) is 3.83. The predicted octanol–water partition coefficient (Wildman–Crippen LogP) is 1.92. The Morgan fingerprint density at radius 3 is 3.23 bits per heavy atom. The number of nitrogens with zero attached hydrogens (tertiary/aromatic N) is 1. The Bertz CT molecular complexity index is 476. The van der Waals surface area contributed by atoms with Crippen LogP contribution in [0.4, 0.5) is 0 Å². The van der Waals surface area contributed by atoms with Gasteiger partial charge >= 0.3 is 0 Å². The van der Waals surface area contributed by atoms with Crippen molar-refractivity contribution in [2.45, 2.75) is 6.42 Å². The van der Waals surface area contributed by atoms with E-state index in [0.717, 1.165) is 22.4 Å². The standard InChI is InChI=1S/C8H7BrN2OS/c9-3-1-6-10-7(12)5-2-4-13-8(5)11-6/h2,4H,1,3H2,(H,10,11,12). The zero-order valence-corrected chi connectivity index (χ0v) is 9.11. The number of rotatable bonds is 2. The van der Waals surface area contributed by atoms with Gasteiger partial charge in [0.2, 0.25) is 0 Å². The van der Waals surface area contributed by atoms with Crippen molar-refractivity contribution in [1.82, 2.24) is 9.97 Å². The van der Waals surface area contributed by atoms with Gasteiger partial charge < -0.3 is 4.98 Å². The predicted molar refractivity (Wildman–Crippen MR) is 57.7 cm³/mol. The Hall–Kier alpha value is -0.680. The van der Waals surface area contributed by atoms with Gasteiger partial charge in [0.25, 0.3) is 5.56 Å². The van der Waals surface area contributed by atoms with Gasteiger partial charge in [0.05, 0.1) is 5.39 Å². The molecule has 0 bridgehead atoms. The fourth-order valence-electron chi connectivity index (χ4n) is 1.12. The van der Waals surface area contributed by atoms with Crippen molar-refractivity contribution in [1.29, 1.82) is 0 Å². The summed E-state index contributed by atoms with van der Waals surface area (Å²) < 4.78 is 0. The van der Waals surface area contributed by atoms with Crippen LogP contribution in [0.15, 0.2) is 16.2 Å². The van der Waals surface area contributed by atoms with Crippen molar-refractivity contribution in [3.8, 4) is 0 Å². The van der Waals surface area contributed by atoms with E-state index in [9.17, 15) is 4.79 Å². The summed E-state index contributed by atoms with van der Waals surface area (Å²) in [7, 11) is 0. The molecule has 2 heterocycles. The lowest BCUT2D eigenvalue weighted by molar-refractivity contribution is 0.960. The van der Waals surface area contributed by atoms with Crippen molar-refractivity contribution in [2.75, 3.05) is 5.33 Å². The highest BCUT2D eigenvalue weighted by atomic mass is 79.9. The molecule has 0 atom stereocenters. The van der Waals surface area contributed by atoms with Crippen LogP contribution in [0.25, 0.3) is 10.2 Å². The fraction of sp³-hybridized carbons (Fsp3) is 0.250. The maximum absolute atomic E-state index is 11.4. The largest absolute Gasteiger partial charge is 0.310 e. The number of H-pyrrole nitrogens is 1. The molecule has 1 N–H and O–H groups in total. The molecular weight excluding hydrogens is 252 g/mol. The summed E-state index contributed by atoms with van der Waals surface area (Å²) in [6.07, 6.45) is 0.753. The Balaban J connectivity index is 2.63. The van der Waals surface area contributed by atoms with E-state index in [-0.39, 0.29) is 5.56 Å². The lowest BCUT2D eigenvalue weighted by Crippen LogP contribution is -2.10. The smallest absolute Gasteiger partial charge is 0.259 e. The van der Waals surface area contributed by atoms with Crippen LogP contribution in [0.3, 0.4) is 0 Å². The number of alkyl halides is 1. The zero-order valence-electron chi connectivity index (χ0n) is 6.71. The van der Waals surface area contributed by atoms with E-state index in [0.29, 0.717) is 5.39 Å². The van der Waals surface area contributed by atoms with Gasteiger partial charge in [-0.05, 0) is 11.4 Å². The summed E-state index contributed by atoms with van der Waals surface area (Å²) in [5.41, 5.74) is -0.0396. The zero-order chi connectivity index (χ0) is 9.26. The van der Waals surface area contributed by atoms with E-state index in [1.807, 2.05) is 5.38 Å². The van der Waals surface area contributed by atoms with Gasteiger partial charge in [-0.15, -0.1) is 11.3 Å². The molecule has 0 saturated carbocycles. The van der Waals surface area contributed by atoms with Crippen LogP contribution in [-0.4, -0.2) is 15.3 Å². The first-order chi connectivity index (χ1) is 6.31. The van der Waals surface area contributed by atoms with Gasteiger partial charge in [0.15, 0.2) is 0 Å². The number of hydrogen-bond acceptors (Lipinski definition) is 3. The Morgan fingerprint density at radius 1 is 1.62 bits per heavy atom. The van der Waals surface area contributed by atoms with Gasteiger partial charge in [0, 0.05) is 11.8 Å². The highest BCUT2D eigenvalue weighted by molar-refractivity contribution is 9.09. The average Bonchev–Trinajstić information content (AvgIpc) is 2.53. The molecule has 5 heteroatoms. The number of halogens is 1. The van der Waals surface area contributed by atoms with Crippen molar-refractivity contribution in [3.63, 3.8) is 0 Å². The van der Waals surface area contributed by atoms with E-state index in [2.05, 4.69) is 25.9 Å². The van der Waals surface area contributed by atoms with Gasteiger partial charge in [0.1, 0.15) is 10.7 Å². The quantitative estimate of drug-likeness (QED) is 0.837. The number of nitrogens with one attached hydrogen (secondary N) is 1. The second-order valence-electron chi connectivity index (χ2n) is 2.59. The molecule has 2 rings (SSSR count). The van der Waals surface area contributed by atoms with Gasteiger partial charge in [-0.2, -0.15) is 0 Å². The minimum Gasteiger partial charge on any atom is -0.310 e. The van der Waals surface area contributed by atoms with Gasteiger partial charge in [-0.25, -0.2) is 4.98 Å². The molecule has 0 fully saturated rings. The minimum atomic E-state index is -0.0396. The third kappa shape index (κ3) is 1.66. The van der Waals surface area contributed by atoms with Crippen LogP contribution < -0.4 is 5.56 Å².